The fourth-order valence-electron chi connectivity index (χ4n) is 1.61. The summed E-state index contributed by atoms with van der Waals surface area (Å²) in [5.41, 5.74) is 6.01. The molecule has 0 aliphatic carbocycles. The first-order valence-electron chi connectivity index (χ1n) is 5.12. The van der Waals surface area contributed by atoms with Crippen LogP contribution in [0.3, 0.4) is 0 Å². The minimum Gasteiger partial charge on any atom is -0.327 e. The standard InChI is InChI=1S/C11H23N/c1-4-7-9-10(8-5-2)11(12)6-3/h4,10-11H,1,5-9,12H2,2-3H3. The Hall–Kier alpha value is -0.300. The van der Waals surface area contributed by atoms with Crippen molar-refractivity contribution in [2.24, 2.45) is 11.7 Å². The van der Waals surface area contributed by atoms with Crippen molar-refractivity contribution in [1.82, 2.24) is 0 Å². The molecule has 12 heavy (non-hydrogen) atoms. The predicted molar refractivity (Wildman–Crippen MR) is 56.1 cm³/mol. The van der Waals surface area contributed by atoms with E-state index in [1.54, 1.807) is 0 Å². The molecule has 0 bridgehead atoms. The van der Waals surface area contributed by atoms with Crippen molar-refractivity contribution in [2.45, 2.75) is 52.0 Å². The summed E-state index contributed by atoms with van der Waals surface area (Å²) in [6.07, 6.45) is 7.93. The molecule has 0 fully saturated rings. The number of nitrogens with two attached hydrogens (primary N) is 1. The van der Waals surface area contributed by atoms with Gasteiger partial charge in [0.15, 0.2) is 0 Å². The van der Waals surface area contributed by atoms with Crippen molar-refractivity contribution in [1.29, 1.82) is 0 Å². The molecule has 0 aromatic heterocycles. The van der Waals surface area contributed by atoms with Gasteiger partial charge in [-0.3, -0.25) is 0 Å². The Morgan fingerprint density at radius 2 is 2.00 bits per heavy atom. The Morgan fingerprint density at radius 3 is 2.42 bits per heavy atom. The maximum atomic E-state index is 6.01. The maximum Gasteiger partial charge on any atom is 0.00646 e. The van der Waals surface area contributed by atoms with Gasteiger partial charge in [-0.05, 0) is 31.6 Å². The van der Waals surface area contributed by atoms with Crippen LogP contribution in [0.1, 0.15) is 46.0 Å². The van der Waals surface area contributed by atoms with Crippen LogP contribution in [0.25, 0.3) is 0 Å². The molecule has 0 aromatic rings. The lowest BCUT2D eigenvalue weighted by atomic mass is 9.89. The molecule has 2 unspecified atom stereocenters. The summed E-state index contributed by atoms with van der Waals surface area (Å²) >= 11 is 0. The average molecular weight is 169 g/mol. The van der Waals surface area contributed by atoms with Gasteiger partial charge in [-0.15, -0.1) is 6.58 Å². The van der Waals surface area contributed by atoms with Crippen molar-refractivity contribution in [3.63, 3.8) is 0 Å². The smallest absolute Gasteiger partial charge is 0.00646 e. The molecule has 0 aliphatic rings. The molecule has 2 atom stereocenters. The Labute approximate surface area is 77.0 Å². The van der Waals surface area contributed by atoms with E-state index in [1.165, 1.54) is 19.3 Å². The fourth-order valence-corrected chi connectivity index (χ4v) is 1.61. The number of hydrogen-bond acceptors (Lipinski definition) is 1. The maximum absolute atomic E-state index is 6.01. The topological polar surface area (TPSA) is 26.0 Å². The summed E-state index contributed by atoms with van der Waals surface area (Å²) in [6, 6.07) is 0.393. The van der Waals surface area contributed by atoms with E-state index in [2.05, 4.69) is 20.4 Å². The average Bonchev–Trinajstić information content (AvgIpc) is 2.11. The van der Waals surface area contributed by atoms with E-state index in [-0.39, 0.29) is 0 Å². The first-order chi connectivity index (χ1) is 5.76. The third kappa shape index (κ3) is 4.55. The van der Waals surface area contributed by atoms with Crippen LogP contribution < -0.4 is 5.73 Å². The van der Waals surface area contributed by atoms with Crippen LogP contribution >= 0.6 is 0 Å². The SMILES string of the molecule is C=CCCC(CCC)C(N)CC. The Morgan fingerprint density at radius 1 is 1.33 bits per heavy atom. The highest BCUT2D eigenvalue weighted by Gasteiger charge is 2.13. The molecule has 72 valence electrons. The summed E-state index contributed by atoms with van der Waals surface area (Å²) in [5.74, 6) is 0.706. The largest absolute Gasteiger partial charge is 0.327 e. The second-order valence-corrected chi connectivity index (χ2v) is 3.49. The molecule has 0 heterocycles. The molecule has 1 nitrogen and oxygen atoms in total. The highest BCUT2D eigenvalue weighted by molar-refractivity contribution is 4.75. The normalized spacial score (nSPS) is 15.6. The second-order valence-electron chi connectivity index (χ2n) is 3.49. The summed E-state index contributed by atoms with van der Waals surface area (Å²) in [4.78, 5) is 0. The highest BCUT2D eigenvalue weighted by atomic mass is 14.6. The fraction of sp³-hybridized carbons (Fsp3) is 0.818. The molecule has 0 aromatic carbocycles. The van der Waals surface area contributed by atoms with Gasteiger partial charge in [0.1, 0.15) is 0 Å². The molecule has 0 radical (unpaired) electrons. The van der Waals surface area contributed by atoms with Gasteiger partial charge in [-0.2, -0.15) is 0 Å². The first-order valence-corrected chi connectivity index (χ1v) is 5.12. The van der Waals surface area contributed by atoms with Crippen molar-refractivity contribution >= 4 is 0 Å². The van der Waals surface area contributed by atoms with E-state index >= 15 is 0 Å². The molecule has 1 heteroatoms. The summed E-state index contributed by atoms with van der Waals surface area (Å²) in [7, 11) is 0. The minimum absolute atomic E-state index is 0.393. The van der Waals surface area contributed by atoms with Gasteiger partial charge < -0.3 is 5.73 Å². The zero-order valence-corrected chi connectivity index (χ0v) is 8.55. The van der Waals surface area contributed by atoms with E-state index < -0.39 is 0 Å². The molecule has 2 N–H and O–H groups in total. The van der Waals surface area contributed by atoms with E-state index in [0.29, 0.717) is 12.0 Å². The van der Waals surface area contributed by atoms with Crippen molar-refractivity contribution in [3.8, 4) is 0 Å². The molecule has 0 saturated carbocycles. The van der Waals surface area contributed by atoms with E-state index in [1.807, 2.05) is 6.08 Å². The lowest BCUT2D eigenvalue weighted by Crippen LogP contribution is -2.29. The van der Waals surface area contributed by atoms with Gasteiger partial charge >= 0.3 is 0 Å². The molecule has 0 spiro atoms. The van der Waals surface area contributed by atoms with Gasteiger partial charge in [0.2, 0.25) is 0 Å². The quantitative estimate of drug-likeness (QED) is 0.582. The van der Waals surface area contributed by atoms with E-state index in [4.69, 9.17) is 5.73 Å². The van der Waals surface area contributed by atoms with Crippen LogP contribution in [0.4, 0.5) is 0 Å². The zero-order chi connectivity index (χ0) is 9.40. The van der Waals surface area contributed by atoms with Crippen LogP contribution in [0, 0.1) is 5.92 Å². The van der Waals surface area contributed by atoms with Crippen molar-refractivity contribution in [3.05, 3.63) is 12.7 Å². The van der Waals surface area contributed by atoms with Crippen molar-refractivity contribution in [2.75, 3.05) is 0 Å². The second kappa shape index (κ2) is 7.35. The first kappa shape index (κ1) is 11.7. The molecule has 0 rings (SSSR count). The number of allylic oxidation sites excluding steroid dienone is 1. The predicted octanol–water partition coefficient (Wildman–Crippen LogP) is 3.11. The van der Waals surface area contributed by atoms with Gasteiger partial charge in [0, 0.05) is 6.04 Å². The number of hydrogen-bond donors (Lipinski definition) is 1. The van der Waals surface area contributed by atoms with Crippen LogP contribution in [0.2, 0.25) is 0 Å². The van der Waals surface area contributed by atoms with E-state index in [9.17, 15) is 0 Å². The monoisotopic (exact) mass is 169 g/mol. The third-order valence-electron chi connectivity index (χ3n) is 2.48. The Kier molecular flexibility index (Phi) is 7.17. The van der Waals surface area contributed by atoms with Crippen LogP contribution in [-0.2, 0) is 0 Å². The number of rotatable bonds is 7. The highest BCUT2D eigenvalue weighted by Crippen LogP contribution is 2.18. The zero-order valence-electron chi connectivity index (χ0n) is 8.55. The summed E-state index contributed by atoms with van der Waals surface area (Å²) < 4.78 is 0. The van der Waals surface area contributed by atoms with E-state index in [0.717, 1.165) is 12.8 Å². The molecular formula is C11H23N. The minimum atomic E-state index is 0.393. The van der Waals surface area contributed by atoms with Gasteiger partial charge in [0.05, 0.1) is 0 Å². The Balaban J connectivity index is 3.75. The Bertz CT molecular complexity index is 110. The van der Waals surface area contributed by atoms with Crippen LogP contribution in [0.5, 0.6) is 0 Å². The lowest BCUT2D eigenvalue weighted by Gasteiger charge is -2.21. The van der Waals surface area contributed by atoms with Gasteiger partial charge in [-0.1, -0.05) is 26.3 Å². The lowest BCUT2D eigenvalue weighted by molar-refractivity contribution is 0.360. The van der Waals surface area contributed by atoms with Crippen LogP contribution in [0.15, 0.2) is 12.7 Å². The molecule has 0 saturated heterocycles. The van der Waals surface area contributed by atoms with Crippen molar-refractivity contribution < 1.29 is 0 Å². The summed E-state index contributed by atoms with van der Waals surface area (Å²) in [5, 5.41) is 0. The molecule has 0 aliphatic heterocycles. The van der Waals surface area contributed by atoms with Crippen LogP contribution in [-0.4, -0.2) is 6.04 Å². The molecular weight excluding hydrogens is 146 g/mol. The summed E-state index contributed by atoms with van der Waals surface area (Å²) in [6.45, 7) is 8.13. The van der Waals surface area contributed by atoms with Gasteiger partial charge in [-0.25, -0.2) is 0 Å². The molecule has 0 amide bonds. The van der Waals surface area contributed by atoms with Gasteiger partial charge in [0.25, 0.3) is 0 Å². The third-order valence-corrected chi connectivity index (χ3v) is 2.48.